The summed E-state index contributed by atoms with van der Waals surface area (Å²) in [5, 5.41) is 0.203. The van der Waals surface area contributed by atoms with E-state index in [-0.39, 0.29) is 14.8 Å². The minimum Gasteiger partial charge on any atom is -0.357 e. The molecule has 0 aliphatic heterocycles. The molecule has 108 valence electrons. The van der Waals surface area contributed by atoms with Crippen LogP contribution < -0.4 is 0 Å². The number of aromatic nitrogens is 3. The molecule has 0 bridgehead atoms. The molecule has 0 amide bonds. The Bertz CT molecular complexity index is 896. The molecule has 3 aromatic rings. The van der Waals surface area contributed by atoms with Crippen molar-refractivity contribution in [1.29, 1.82) is 0 Å². The first-order valence-corrected chi connectivity index (χ1v) is 8.04. The van der Waals surface area contributed by atoms with Crippen molar-refractivity contribution in [3.8, 4) is 11.5 Å². The second-order valence-electron chi connectivity index (χ2n) is 4.60. The van der Waals surface area contributed by atoms with Crippen LogP contribution in [-0.2, 0) is 9.84 Å². The van der Waals surface area contributed by atoms with Gasteiger partial charge in [-0.25, -0.2) is 13.4 Å². The van der Waals surface area contributed by atoms with Gasteiger partial charge >= 0.3 is 0 Å². The Morgan fingerprint density at radius 2 is 2.00 bits per heavy atom. The van der Waals surface area contributed by atoms with E-state index in [1.165, 1.54) is 18.3 Å². The Labute approximate surface area is 126 Å². The van der Waals surface area contributed by atoms with Crippen molar-refractivity contribution in [2.45, 2.75) is 16.7 Å². The lowest BCUT2D eigenvalue weighted by molar-refractivity contribution is 0.596. The van der Waals surface area contributed by atoms with E-state index in [1.807, 2.05) is 6.92 Å². The molecule has 0 aliphatic rings. The molecule has 0 fully saturated rings. The lowest BCUT2D eigenvalue weighted by Gasteiger charge is -2.03. The number of halogens is 1. The van der Waals surface area contributed by atoms with Crippen molar-refractivity contribution in [3.63, 3.8) is 0 Å². The van der Waals surface area contributed by atoms with Crippen LogP contribution in [0.15, 0.2) is 52.5 Å². The number of imidazole rings is 1. The fourth-order valence-corrected chi connectivity index (χ4v) is 3.77. The van der Waals surface area contributed by atoms with Gasteiger partial charge in [0, 0.05) is 18.1 Å². The number of aryl methyl sites for hydroxylation is 1. The maximum atomic E-state index is 12.6. The zero-order valence-electron chi connectivity index (χ0n) is 11.1. The van der Waals surface area contributed by atoms with E-state index in [4.69, 9.17) is 11.6 Å². The second-order valence-corrected chi connectivity index (χ2v) is 6.92. The summed E-state index contributed by atoms with van der Waals surface area (Å²) in [5.41, 5.74) is 1.50. The Balaban J connectivity index is 2.05. The molecule has 2 N–H and O–H groups in total. The Kier molecular flexibility index (Phi) is 3.35. The monoisotopic (exact) mass is 321 g/mol. The van der Waals surface area contributed by atoms with E-state index in [9.17, 15) is 8.42 Å². The average Bonchev–Trinajstić information content (AvgIpc) is 3.07. The number of nitrogens with zero attached hydrogens (tertiary/aromatic N) is 1. The predicted octanol–water partition coefficient (Wildman–Crippen LogP) is 3.20. The molecule has 2 heterocycles. The first kappa shape index (κ1) is 13.9. The molecule has 0 radical (unpaired) electrons. The van der Waals surface area contributed by atoms with Gasteiger partial charge in [0.25, 0.3) is 0 Å². The molecule has 3 rings (SSSR count). The van der Waals surface area contributed by atoms with Gasteiger partial charge in [-0.15, -0.1) is 0 Å². The van der Waals surface area contributed by atoms with Gasteiger partial charge in [-0.05, 0) is 25.1 Å². The summed E-state index contributed by atoms with van der Waals surface area (Å²) in [6.07, 6.45) is 3.12. The predicted molar refractivity (Wildman–Crippen MR) is 80.0 cm³/mol. The highest BCUT2D eigenvalue weighted by Gasteiger charge is 2.22. The molecule has 7 heteroatoms. The maximum Gasteiger partial charge on any atom is 0.209 e. The van der Waals surface area contributed by atoms with Gasteiger partial charge in [0.05, 0.1) is 20.5 Å². The van der Waals surface area contributed by atoms with Crippen molar-refractivity contribution in [1.82, 2.24) is 15.0 Å². The van der Waals surface area contributed by atoms with Gasteiger partial charge in [0.1, 0.15) is 0 Å². The van der Waals surface area contributed by atoms with Gasteiger partial charge in [-0.1, -0.05) is 23.7 Å². The number of sulfone groups is 1. The average molecular weight is 322 g/mol. The second kappa shape index (κ2) is 5.05. The van der Waals surface area contributed by atoms with Crippen LogP contribution in [0.3, 0.4) is 0 Å². The highest BCUT2D eigenvalue weighted by Crippen LogP contribution is 2.29. The van der Waals surface area contributed by atoms with Crippen LogP contribution >= 0.6 is 11.6 Å². The summed E-state index contributed by atoms with van der Waals surface area (Å²) in [4.78, 5) is 10.4. The number of rotatable bonds is 3. The van der Waals surface area contributed by atoms with Crippen molar-refractivity contribution in [2.24, 2.45) is 0 Å². The van der Waals surface area contributed by atoms with Crippen molar-refractivity contribution < 1.29 is 8.42 Å². The summed E-state index contributed by atoms with van der Waals surface area (Å²) >= 11 is 5.98. The minimum absolute atomic E-state index is 0.0906. The van der Waals surface area contributed by atoms with Crippen molar-refractivity contribution >= 4 is 21.4 Å². The molecular weight excluding hydrogens is 310 g/mol. The highest BCUT2D eigenvalue weighted by atomic mass is 35.5. The van der Waals surface area contributed by atoms with Crippen molar-refractivity contribution in [2.75, 3.05) is 0 Å². The number of benzene rings is 1. The molecule has 0 atom stereocenters. The Morgan fingerprint density at radius 3 is 2.67 bits per heavy atom. The summed E-state index contributed by atoms with van der Waals surface area (Å²) in [5.74, 6) is 0.591. The molecule has 21 heavy (non-hydrogen) atoms. The molecule has 1 aromatic carbocycles. The summed E-state index contributed by atoms with van der Waals surface area (Å²) in [6, 6.07) is 7.91. The third-order valence-corrected chi connectivity index (χ3v) is 5.28. The van der Waals surface area contributed by atoms with Gasteiger partial charge in [-0.3, -0.25) is 0 Å². The van der Waals surface area contributed by atoms with E-state index in [2.05, 4.69) is 15.0 Å². The lowest BCUT2D eigenvalue weighted by Crippen LogP contribution is -2.01. The van der Waals surface area contributed by atoms with Crippen LogP contribution in [0.25, 0.3) is 11.5 Å². The number of hydrogen-bond donors (Lipinski definition) is 2. The molecular formula is C14H12ClN3O2S. The molecule has 2 aromatic heterocycles. The number of H-pyrrole nitrogens is 2. The third-order valence-electron chi connectivity index (χ3n) is 3.05. The summed E-state index contributed by atoms with van der Waals surface area (Å²) in [7, 11) is -3.65. The van der Waals surface area contributed by atoms with Crippen LogP contribution in [0.2, 0.25) is 5.02 Å². The van der Waals surface area contributed by atoms with Gasteiger partial charge < -0.3 is 9.97 Å². The van der Waals surface area contributed by atoms with Crippen LogP contribution in [0.5, 0.6) is 0 Å². The number of nitrogens with one attached hydrogen (secondary N) is 2. The zero-order valence-corrected chi connectivity index (χ0v) is 12.7. The van der Waals surface area contributed by atoms with Crippen LogP contribution in [-0.4, -0.2) is 23.4 Å². The Morgan fingerprint density at radius 1 is 1.24 bits per heavy atom. The lowest BCUT2D eigenvalue weighted by atomic mass is 10.4. The van der Waals surface area contributed by atoms with Gasteiger partial charge in [0.15, 0.2) is 5.82 Å². The van der Waals surface area contributed by atoms with E-state index in [0.717, 1.165) is 5.69 Å². The Hall–Kier alpha value is -2.05. The molecule has 0 aliphatic carbocycles. The van der Waals surface area contributed by atoms with Crippen LogP contribution in [0.4, 0.5) is 0 Å². The first-order valence-electron chi connectivity index (χ1n) is 6.18. The van der Waals surface area contributed by atoms with E-state index in [0.29, 0.717) is 11.5 Å². The largest absolute Gasteiger partial charge is 0.357 e. The highest BCUT2D eigenvalue weighted by molar-refractivity contribution is 7.91. The fourth-order valence-electron chi connectivity index (χ4n) is 2.01. The standard InChI is InChI=1S/C14H12ClN3O2S/c1-9-7-17-14(18-9)12-6-10(8-16-12)21(19,20)13-5-3-2-4-11(13)15/h2-8,16H,1H3,(H,17,18). The molecule has 0 spiro atoms. The van der Waals surface area contributed by atoms with Crippen LogP contribution in [0, 0.1) is 6.92 Å². The smallest absolute Gasteiger partial charge is 0.209 e. The normalized spacial score (nSPS) is 11.7. The zero-order chi connectivity index (χ0) is 15.0. The summed E-state index contributed by atoms with van der Waals surface area (Å²) < 4.78 is 25.1. The number of aromatic amines is 2. The molecule has 0 unspecified atom stereocenters. The van der Waals surface area contributed by atoms with E-state index < -0.39 is 9.84 Å². The molecule has 0 saturated heterocycles. The third kappa shape index (κ3) is 2.48. The van der Waals surface area contributed by atoms with Crippen LogP contribution in [0.1, 0.15) is 5.69 Å². The van der Waals surface area contributed by atoms with Gasteiger partial charge in [0.2, 0.25) is 9.84 Å². The topological polar surface area (TPSA) is 78.6 Å². The van der Waals surface area contributed by atoms with Gasteiger partial charge in [-0.2, -0.15) is 0 Å². The molecule has 5 nitrogen and oxygen atoms in total. The maximum absolute atomic E-state index is 12.6. The SMILES string of the molecule is Cc1cnc(-c2cc(S(=O)(=O)c3ccccc3Cl)c[nH]2)[nH]1. The quantitative estimate of drug-likeness (QED) is 0.777. The first-order chi connectivity index (χ1) is 9.98. The van der Waals surface area contributed by atoms with Crippen molar-refractivity contribution in [3.05, 3.63) is 53.4 Å². The molecule has 0 saturated carbocycles. The fraction of sp³-hybridized carbons (Fsp3) is 0.0714. The van der Waals surface area contributed by atoms with E-state index in [1.54, 1.807) is 24.4 Å². The minimum atomic E-state index is -3.65. The number of hydrogen-bond acceptors (Lipinski definition) is 3. The van der Waals surface area contributed by atoms with E-state index >= 15 is 0 Å². The summed E-state index contributed by atoms with van der Waals surface area (Å²) in [6.45, 7) is 1.88.